The first-order valence-electron chi connectivity index (χ1n) is 8.95. The van der Waals surface area contributed by atoms with Gasteiger partial charge in [-0.05, 0) is 36.8 Å². The summed E-state index contributed by atoms with van der Waals surface area (Å²) in [4.78, 5) is 12.9. The summed E-state index contributed by atoms with van der Waals surface area (Å²) in [5.41, 5.74) is 0.0888. The molecule has 0 saturated carbocycles. The highest BCUT2D eigenvalue weighted by atomic mass is 19.4. The highest BCUT2D eigenvalue weighted by Gasteiger charge is 2.30. The van der Waals surface area contributed by atoms with Crippen LogP contribution in [0, 0.1) is 6.92 Å². The third kappa shape index (κ3) is 3.54. The number of hydrogen-bond acceptors (Lipinski definition) is 5. The summed E-state index contributed by atoms with van der Waals surface area (Å²) in [6, 6.07) is 11.8. The topological polar surface area (TPSA) is 70.2 Å². The molecule has 4 rings (SSSR count). The lowest BCUT2D eigenvalue weighted by atomic mass is 10.1. The normalized spacial score (nSPS) is 11.8. The molecule has 0 fully saturated rings. The largest absolute Gasteiger partial charge is 0.497 e. The van der Waals surface area contributed by atoms with Crippen LogP contribution in [0.1, 0.15) is 16.9 Å². The molecule has 0 spiro atoms. The second-order valence-electron chi connectivity index (χ2n) is 6.70. The highest BCUT2D eigenvalue weighted by molar-refractivity contribution is 5.93. The molecule has 0 amide bonds. The monoisotopic (exact) mass is 415 g/mol. The second kappa shape index (κ2) is 7.33. The maximum absolute atomic E-state index is 13.0. The molecule has 0 aliphatic carbocycles. The van der Waals surface area contributed by atoms with Gasteiger partial charge in [0.15, 0.2) is 5.52 Å². The van der Waals surface area contributed by atoms with Crippen molar-refractivity contribution < 1.29 is 22.4 Å². The molecule has 2 heterocycles. The van der Waals surface area contributed by atoms with Crippen LogP contribution in [0.15, 0.2) is 57.8 Å². The van der Waals surface area contributed by atoms with Gasteiger partial charge in [-0.3, -0.25) is 4.79 Å². The van der Waals surface area contributed by atoms with Crippen molar-refractivity contribution >= 4 is 10.9 Å². The van der Waals surface area contributed by atoms with Gasteiger partial charge in [0.1, 0.15) is 17.2 Å². The number of ether oxygens (including phenoxy) is 1. The summed E-state index contributed by atoms with van der Waals surface area (Å²) in [5, 5.41) is 8.73. The van der Waals surface area contributed by atoms with Gasteiger partial charge in [-0.1, -0.05) is 29.4 Å². The van der Waals surface area contributed by atoms with Crippen molar-refractivity contribution in [2.75, 3.05) is 7.11 Å². The number of methoxy groups -OCH3 is 1. The van der Waals surface area contributed by atoms with E-state index in [1.54, 1.807) is 31.2 Å². The summed E-state index contributed by atoms with van der Waals surface area (Å²) < 4.78 is 50.7. The Hall–Kier alpha value is -3.62. The van der Waals surface area contributed by atoms with Gasteiger partial charge in [0.2, 0.25) is 0 Å². The molecule has 4 aromatic rings. The van der Waals surface area contributed by atoms with E-state index in [0.29, 0.717) is 28.2 Å². The minimum Gasteiger partial charge on any atom is -0.497 e. The third-order valence-corrected chi connectivity index (χ3v) is 4.69. The molecule has 154 valence electrons. The lowest BCUT2D eigenvalue weighted by molar-refractivity contribution is -0.137. The van der Waals surface area contributed by atoms with Crippen LogP contribution in [0.3, 0.4) is 0 Å². The van der Waals surface area contributed by atoms with Crippen molar-refractivity contribution in [2.45, 2.75) is 19.6 Å². The fourth-order valence-electron chi connectivity index (χ4n) is 3.23. The van der Waals surface area contributed by atoms with Crippen molar-refractivity contribution in [2.24, 2.45) is 0 Å². The maximum Gasteiger partial charge on any atom is 0.416 e. The molecule has 30 heavy (non-hydrogen) atoms. The third-order valence-electron chi connectivity index (χ3n) is 4.69. The SMILES string of the molecule is COc1cccc(-c2nn(Cc3cccc(C(F)(F)F)c3)c(=O)c3noc(C)c23)c1. The number of aryl methyl sites for hydroxylation is 1. The van der Waals surface area contributed by atoms with E-state index in [1.165, 1.54) is 19.2 Å². The Morgan fingerprint density at radius 1 is 1.13 bits per heavy atom. The van der Waals surface area contributed by atoms with E-state index in [9.17, 15) is 18.0 Å². The van der Waals surface area contributed by atoms with Crippen LogP contribution in [-0.4, -0.2) is 22.0 Å². The van der Waals surface area contributed by atoms with Crippen LogP contribution in [0.2, 0.25) is 0 Å². The maximum atomic E-state index is 13.0. The standard InChI is InChI=1S/C21H16F3N3O3/c1-12-17-18(14-6-4-8-16(10-14)29-2)25-27(20(28)19(17)26-30-12)11-13-5-3-7-15(9-13)21(22,23)24/h3-10H,11H2,1-2H3. The molecule has 2 aromatic heterocycles. The fourth-order valence-corrected chi connectivity index (χ4v) is 3.23. The van der Waals surface area contributed by atoms with Crippen LogP contribution < -0.4 is 10.3 Å². The fraction of sp³-hybridized carbons (Fsp3) is 0.190. The number of aromatic nitrogens is 3. The van der Waals surface area contributed by atoms with E-state index in [2.05, 4.69) is 10.3 Å². The molecule has 0 aliphatic rings. The van der Waals surface area contributed by atoms with Gasteiger partial charge < -0.3 is 9.26 Å². The van der Waals surface area contributed by atoms with Crippen molar-refractivity contribution in [3.8, 4) is 17.0 Å². The van der Waals surface area contributed by atoms with Crippen molar-refractivity contribution in [1.29, 1.82) is 0 Å². The van der Waals surface area contributed by atoms with Crippen molar-refractivity contribution in [1.82, 2.24) is 14.9 Å². The molecule has 0 bridgehead atoms. The van der Waals surface area contributed by atoms with E-state index < -0.39 is 17.3 Å². The number of fused-ring (bicyclic) bond motifs is 1. The zero-order valence-electron chi connectivity index (χ0n) is 16.0. The first kappa shape index (κ1) is 19.7. The second-order valence-corrected chi connectivity index (χ2v) is 6.70. The Morgan fingerprint density at radius 2 is 1.90 bits per heavy atom. The average molecular weight is 415 g/mol. The summed E-state index contributed by atoms with van der Waals surface area (Å²) in [6.45, 7) is 1.51. The minimum absolute atomic E-state index is 0.0623. The summed E-state index contributed by atoms with van der Waals surface area (Å²) >= 11 is 0. The van der Waals surface area contributed by atoms with Crippen LogP contribution in [0.25, 0.3) is 22.2 Å². The van der Waals surface area contributed by atoms with Gasteiger partial charge >= 0.3 is 6.18 Å². The molecule has 0 N–H and O–H groups in total. The van der Waals surface area contributed by atoms with Crippen LogP contribution in [0.5, 0.6) is 5.75 Å². The number of nitrogens with zero attached hydrogens (tertiary/aromatic N) is 3. The van der Waals surface area contributed by atoms with Gasteiger partial charge in [-0.15, -0.1) is 0 Å². The molecular weight excluding hydrogens is 399 g/mol. The van der Waals surface area contributed by atoms with E-state index in [4.69, 9.17) is 9.26 Å². The number of rotatable bonds is 4. The first-order valence-corrected chi connectivity index (χ1v) is 8.95. The molecule has 2 aromatic carbocycles. The summed E-state index contributed by atoms with van der Waals surface area (Å²) in [6.07, 6.45) is -4.48. The van der Waals surface area contributed by atoms with Gasteiger partial charge in [0.05, 0.1) is 24.6 Å². The summed E-state index contributed by atoms with van der Waals surface area (Å²) in [7, 11) is 1.53. The zero-order chi connectivity index (χ0) is 21.5. The average Bonchev–Trinajstić information content (AvgIpc) is 3.12. The van der Waals surface area contributed by atoms with Gasteiger partial charge in [0.25, 0.3) is 5.56 Å². The highest BCUT2D eigenvalue weighted by Crippen LogP contribution is 2.31. The van der Waals surface area contributed by atoms with E-state index >= 15 is 0 Å². The quantitative estimate of drug-likeness (QED) is 0.493. The molecule has 9 heteroatoms. The molecule has 0 atom stereocenters. The molecular formula is C21H16F3N3O3. The number of halogens is 3. The van der Waals surface area contributed by atoms with E-state index in [-0.39, 0.29) is 17.6 Å². The Kier molecular flexibility index (Phi) is 4.81. The minimum atomic E-state index is -4.48. The molecule has 6 nitrogen and oxygen atoms in total. The molecule has 0 unspecified atom stereocenters. The van der Waals surface area contributed by atoms with Gasteiger partial charge in [0, 0.05) is 5.56 Å². The summed E-state index contributed by atoms with van der Waals surface area (Å²) in [5.74, 6) is 1.01. The van der Waals surface area contributed by atoms with Crippen molar-refractivity contribution in [3.05, 3.63) is 75.8 Å². The smallest absolute Gasteiger partial charge is 0.416 e. The predicted octanol–water partition coefficient (Wildman–Crippen LogP) is 4.44. The predicted molar refractivity (Wildman–Crippen MR) is 103 cm³/mol. The first-order chi connectivity index (χ1) is 14.3. The van der Waals surface area contributed by atoms with Crippen molar-refractivity contribution in [3.63, 3.8) is 0 Å². The number of alkyl halides is 3. The lowest BCUT2D eigenvalue weighted by Gasteiger charge is -2.11. The van der Waals surface area contributed by atoms with Gasteiger partial charge in [-0.2, -0.15) is 18.3 Å². The lowest BCUT2D eigenvalue weighted by Crippen LogP contribution is -2.24. The van der Waals surface area contributed by atoms with E-state index in [0.717, 1.165) is 16.8 Å². The Balaban J connectivity index is 1.88. The Bertz CT molecular complexity index is 1290. The molecule has 0 saturated heterocycles. The number of hydrogen-bond donors (Lipinski definition) is 0. The molecule has 0 aliphatic heterocycles. The van der Waals surface area contributed by atoms with Crippen LogP contribution in [-0.2, 0) is 12.7 Å². The van der Waals surface area contributed by atoms with Crippen LogP contribution in [0.4, 0.5) is 13.2 Å². The number of benzene rings is 2. The van der Waals surface area contributed by atoms with Crippen LogP contribution >= 0.6 is 0 Å². The Morgan fingerprint density at radius 3 is 2.63 bits per heavy atom. The Labute approximate surface area is 168 Å². The van der Waals surface area contributed by atoms with E-state index in [1.807, 2.05) is 0 Å². The van der Waals surface area contributed by atoms with Gasteiger partial charge in [-0.25, -0.2) is 4.68 Å². The zero-order valence-corrected chi connectivity index (χ0v) is 16.0. The molecule has 0 radical (unpaired) electrons.